The van der Waals surface area contributed by atoms with Gasteiger partial charge in [0.05, 0.1) is 23.0 Å². The third-order valence-electron chi connectivity index (χ3n) is 6.72. The lowest BCUT2D eigenvalue weighted by atomic mass is 9.90. The number of hydrogen-bond acceptors (Lipinski definition) is 6. The van der Waals surface area contributed by atoms with E-state index in [0.29, 0.717) is 27.6 Å². The number of benzene rings is 4. The number of carbonyl (C=O) groups is 3. The van der Waals surface area contributed by atoms with Crippen molar-refractivity contribution in [2.75, 3.05) is 9.96 Å². The minimum absolute atomic E-state index is 0.268. The standard InChI is InChI=1S/C30H20ClFN2O5/c31-20-8-12-23(13-9-20)34-26(18-6-16-24(17-7-18)38-30(37)19-4-2-1-3-5-19)25-27(39-34)29(36)33(28(25)35)22-14-10-21(32)11-15-22/h1-17,25-27H/t25-,26+,27+/m1/s1. The number of hydroxylamine groups is 1. The molecule has 4 aromatic rings. The first-order chi connectivity index (χ1) is 18.9. The van der Waals surface area contributed by atoms with Crippen LogP contribution in [0.2, 0.25) is 5.02 Å². The zero-order valence-electron chi connectivity index (χ0n) is 20.2. The van der Waals surface area contributed by atoms with E-state index >= 15 is 0 Å². The second-order valence-electron chi connectivity index (χ2n) is 9.11. The summed E-state index contributed by atoms with van der Waals surface area (Å²) in [6.07, 6.45) is -1.08. The summed E-state index contributed by atoms with van der Waals surface area (Å²) in [5.74, 6) is -2.53. The lowest BCUT2D eigenvalue weighted by molar-refractivity contribution is -0.126. The summed E-state index contributed by atoms with van der Waals surface area (Å²) in [5.41, 5.74) is 1.95. The molecule has 194 valence electrons. The van der Waals surface area contributed by atoms with Crippen LogP contribution >= 0.6 is 11.6 Å². The Hall–Kier alpha value is -4.53. The van der Waals surface area contributed by atoms with E-state index in [2.05, 4.69) is 0 Å². The molecule has 2 amide bonds. The van der Waals surface area contributed by atoms with Crippen molar-refractivity contribution in [3.8, 4) is 5.75 Å². The molecule has 2 heterocycles. The van der Waals surface area contributed by atoms with Crippen LogP contribution in [0.15, 0.2) is 103 Å². The van der Waals surface area contributed by atoms with Gasteiger partial charge < -0.3 is 4.74 Å². The molecule has 0 unspecified atom stereocenters. The molecule has 0 N–H and O–H groups in total. The minimum atomic E-state index is -1.08. The number of fused-ring (bicyclic) bond motifs is 1. The zero-order chi connectivity index (χ0) is 27.1. The first-order valence-electron chi connectivity index (χ1n) is 12.1. The van der Waals surface area contributed by atoms with Gasteiger partial charge in [-0.05, 0) is 78.4 Å². The summed E-state index contributed by atoms with van der Waals surface area (Å²) in [7, 11) is 0. The summed E-state index contributed by atoms with van der Waals surface area (Å²) in [6.45, 7) is 0. The van der Waals surface area contributed by atoms with Crippen LogP contribution in [-0.4, -0.2) is 23.9 Å². The smallest absolute Gasteiger partial charge is 0.343 e. The van der Waals surface area contributed by atoms with Gasteiger partial charge in [0.2, 0.25) is 5.91 Å². The van der Waals surface area contributed by atoms with Gasteiger partial charge in [0.25, 0.3) is 5.91 Å². The zero-order valence-corrected chi connectivity index (χ0v) is 21.0. The van der Waals surface area contributed by atoms with Crippen molar-refractivity contribution in [3.05, 3.63) is 125 Å². The molecular weight excluding hydrogens is 523 g/mol. The van der Waals surface area contributed by atoms with Crippen LogP contribution < -0.4 is 14.7 Å². The molecule has 0 aromatic heterocycles. The first-order valence-corrected chi connectivity index (χ1v) is 12.5. The Morgan fingerprint density at radius 3 is 2.10 bits per heavy atom. The number of nitrogens with zero attached hydrogens (tertiary/aromatic N) is 2. The van der Waals surface area contributed by atoms with Gasteiger partial charge in [-0.1, -0.05) is 41.9 Å². The Morgan fingerprint density at radius 2 is 1.44 bits per heavy atom. The molecule has 0 bridgehead atoms. The molecule has 3 atom stereocenters. The van der Waals surface area contributed by atoms with Crippen molar-refractivity contribution in [1.29, 1.82) is 0 Å². The van der Waals surface area contributed by atoms with Gasteiger partial charge in [0.15, 0.2) is 6.10 Å². The molecule has 0 aliphatic carbocycles. The average Bonchev–Trinajstić information content (AvgIpc) is 3.46. The molecule has 4 aromatic carbocycles. The van der Waals surface area contributed by atoms with Crippen molar-refractivity contribution in [2.45, 2.75) is 12.1 Å². The van der Waals surface area contributed by atoms with Crippen LogP contribution in [-0.2, 0) is 14.4 Å². The van der Waals surface area contributed by atoms with Gasteiger partial charge in [-0.15, -0.1) is 0 Å². The molecule has 0 spiro atoms. The number of imide groups is 1. The highest BCUT2D eigenvalue weighted by Gasteiger charge is 2.60. The lowest BCUT2D eigenvalue weighted by Crippen LogP contribution is -2.37. The fraction of sp³-hybridized carbons (Fsp3) is 0.100. The Morgan fingerprint density at radius 1 is 0.795 bits per heavy atom. The van der Waals surface area contributed by atoms with Gasteiger partial charge in [-0.2, -0.15) is 0 Å². The molecule has 6 rings (SSSR count). The van der Waals surface area contributed by atoms with Crippen LogP contribution in [0, 0.1) is 11.7 Å². The fourth-order valence-corrected chi connectivity index (χ4v) is 5.01. The summed E-state index contributed by atoms with van der Waals surface area (Å²) in [6, 6.07) is 26.6. The summed E-state index contributed by atoms with van der Waals surface area (Å²) < 4.78 is 19.0. The van der Waals surface area contributed by atoms with Crippen LogP contribution in [0.1, 0.15) is 22.0 Å². The molecular formula is C30H20ClFN2O5. The third-order valence-corrected chi connectivity index (χ3v) is 6.97. The molecule has 0 saturated carbocycles. The maximum Gasteiger partial charge on any atom is 0.343 e. The number of amides is 2. The van der Waals surface area contributed by atoms with E-state index in [1.807, 2.05) is 0 Å². The molecule has 7 nitrogen and oxygen atoms in total. The summed E-state index contributed by atoms with van der Waals surface area (Å²) in [4.78, 5) is 46.7. The average molecular weight is 543 g/mol. The van der Waals surface area contributed by atoms with Gasteiger partial charge in [-0.25, -0.2) is 19.1 Å². The lowest BCUT2D eigenvalue weighted by Gasteiger charge is -2.29. The van der Waals surface area contributed by atoms with E-state index in [9.17, 15) is 18.8 Å². The minimum Gasteiger partial charge on any atom is -0.423 e. The van der Waals surface area contributed by atoms with E-state index in [4.69, 9.17) is 21.2 Å². The SMILES string of the molecule is O=C(Oc1ccc([C@H]2[C@H]3C(=O)N(c4ccc(F)cc4)C(=O)[C@H]3ON2c2ccc(Cl)cc2)cc1)c1ccccc1. The quantitative estimate of drug-likeness (QED) is 0.182. The molecule has 2 fully saturated rings. The number of halogens is 2. The molecule has 0 radical (unpaired) electrons. The van der Waals surface area contributed by atoms with E-state index < -0.39 is 41.7 Å². The normalized spacial score (nSPS) is 20.3. The van der Waals surface area contributed by atoms with E-state index in [1.54, 1.807) is 78.9 Å². The van der Waals surface area contributed by atoms with Gasteiger partial charge in [0.1, 0.15) is 17.5 Å². The van der Waals surface area contributed by atoms with E-state index in [-0.39, 0.29) is 5.69 Å². The predicted octanol–water partition coefficient (Wildman–Crippen LogP) is 5.75. The van der Waals surface area contributed by atoms with Crippen molar-refractivity contribution >= 4 is 40.8 Å². The summed E-state index contributed by atoms with van der Waals surface area (Å²) in [5, 5.41) is 2.06. The first kappa shape index (κ1) is 24.8. The second-order valence-corrected chi connectivity index (χ2v) is 9.55. The van der Waals surface area contributed by atoms with Crippen LogP contribution in [0.4, 0.5) is 15.8 Å². The van der Waals surface area contributed by atoms with Crippen molar-refractivity contribution in [1.82, 2.24) is 0 Å². The number of rotatable bonds is 5. The predicted molar refractivity (Wildman–Crippen MR) is 142 cm³/mol. The molecule has 2 aliphatic heterocycles. The number of carbonyl (C=O) groups excluding carboxylic acids is 3. The van der Waals surface area contributed by atoms with E-state index in [1.165, 1.54) is 29.3 Å². The van der Waals surface area contributed by atoms with Crippen molar-refractivity contribution in [2.24, 2.45) is 5.92 Å². The van der Waals surface area contributed by atoms with Crippen LogP contribution in [0.5, 0.6) is 5.75 Å². The molecule has 2 aliphatic rings. The Kier molecular flexibility index (Phi) is 6.34. The Bertz CT molecular complexity index is 1550. The van der Waals surface area contributed by atoms with Crippen molar-refractivity contribution < 1.29 is 28.3 Å². The largest absolute Gasteiger partial charge is 0.423 e. The number of esters is 1. The summed E-state index contributed by atoms with van der Waals surface area (Å²) >= 11 is 6.07. The highest BCUT2D eigenvalue weighted by atomic mass is 35.5. The van der Waals surface area contributed by atoms with Gasteiger partial charge in [-0.3, -0.25) is 14.4 Å². The number of ether oxygens (including phenoxy) is 1. The van der Waals surface area contributed by atoms with Gasteiger partial charge >= 0.3 is 5.97 Å². The molecule has 2 saturated heterocycles. The highest BCUT2D eigenvalue weighted by molar-refractivity contribution is 6.30. The highest BCUT2D eigenvalue weighted by Crippen LogP contribution is 2.48. The van der Waals surface area contributed by atoms with Crippen LogP contribution in [0.25, 0.3) is 0 Å². The topological polar surface area (TPSA) is 76.2 Å². The van der Waals surface area contributed by atoms with Gasteiger partial charge in [0, 0.05) is 5.02 Å². The maximum atomic E-state index is 13.7. The van der Waals surface area contributed by atoms with Crippen LogP contribution in [0.3, 0.4) is 0 Å². The maximum absolute atomic E-state index is 13.7. The number of hydrogen-bond donors (Lipinski definition) is 0. The Balaban J connectivity index is 1.33. The fourth-order valence-electron chi connectivity index (χ4n) is 4.88. The molecule has 9 heteroatoms. The monoisotopic (exact) mass is 542 g/mol. The van der Waals surface area contributed by atoms with Crippen molar-refractivity contribution in [3.63, 3.8) is 0 Å². The number of anilines is 2. The van der Waals surface area contributed by atoms with E-state index in [0.717, 1.165) is 4.90 Å². The second kappa shape index (κ2) is 9.98. The Labute approximate surface area is 227 Å². The molecule has 39 heavy (non-hydrogen) atoms. The third kappa shape index (κ3) is 4.54.